The second-order valence-electron chi connectivity index (χ2n) is 6.74. The third-order valence-corrected chi connectivity index (χ3v) is 6.73. The SMILES string of the molecule is COC(=O)c1sc2cc(N3C(N)=NC(N)=NC34CCCCC4)ccc2c1Cl. The summed E-state index contributed by atoms with van der Waals surface area (Å²) in [5, 5.41) is 1.21. The van der Waals surface area contributed by atoms with Crippen LogP contribution in [-0.2, 0) is 4.74 Å². The van der Waals surface area contributed by atoms with Gasteiger partial charge in [0.05, 0.1) is 12.1 Å². The van der Waals surface area contributed by atoms with E-state index in [0.29, 0.717) is 15.9 Å². The molecule has 0 saturated heterocycles. The molecule has 1 aromatic heterocycles. The maximum atomic E-state index is 11.9. The molecule has 0 unspecified atom stereocenters. The van der Waals surface area contributed by atoms with Gasteiger partial charge in [-0.2, -0.15) is 4.99 Å². The van der Waals surface area contributed by atoms with Crippen molar-refractivity contribution in [1.29, 1.82) is 0 Å². The third-order valence-electron chi connectivity index (χ3n) is 5.09. The van der Waals surface area contributed by atoms with E-state index in [1.807, 2.05) is 23.1 Å². The average Bonchev–Trinajstić information content (AvgIpc) is 2.97. The Labute approximate surface area is 165 Å². The Bertz CT molecular complexity index is 978. The van der Waals surface area contributed by atoms with Gasteiger partial charge in [-0.3, -0.25) is 4.90 Å². The summed E-state index contributed by atoms with van der Waals surface area (Å²) in [6, 6.07) is 5.78. The number of esters is 1. The predicted octanol–water partition coefficient (Wildman–Crippen LogP) is 3.45. The van der Waals surface area contributed by atoms with Gasteiger partial charge in [-0.05, 0) is 43.9 Å². The fourth-order valence-corrected chi connectivity index (χ4v) is 5.37. The Morgan fingerprint density at radius 3 is 2.74 bits per heavy atom. The smallest absolute Gasteiger partial charge is 0.349 e. The first-order valence-electron chi connectivity index (χ1n) is 8.75. The highest BCUT2D eigenvalue weighted by molar-refractivity contribution is 7.21. The van der Waals surface area contributed by atoms with Gasteiger partial charge >= 0.3 is 5.97 Å². The fourth-order valence-electron chi connectivity index (χ4n) is 3.91. The molecule has 1 aliphatic heterocycles. The van der Waals surface area contributed by atoms with Gasteiger partial charge in [0.2, 0.25) is 11.9 Å². The van der Waals surface area contributed by atoms with E-state index in [1.165, 1.54) is 24.9 Å². The number of hydrogen-bond acceptors (Lipinski definition) is 8. The molecule has 0 bridgehead atoms. The Kier molecular flexibility index (Phi) is 4.47. The lowest BCUT2D eigenvalue weighted by atomic mass is 9.87. The number of benzene rings is 1. The summed E-state index contributed by atoms with van der Waals surface area (Å²) in [4.78, 5) is 23.2. The van der Waals surface area contributed by atoms with Gasteiger partial charge in [-0.15, -0.1) is 11.3 Å². The lowest BCUT2D eigenvalue weighted by Gasteiger charge is -2.45. The Morgan fingerprint density at radius 1 is 1.30 bits per heavy atom. The molecule has 2 aromatic rings. The molecular formula is C18H20ClN5O2S. The first kappa shape index (κ1) is 18.1. The van der Waals surface area contributed by atoms with E-state index in [-0.39, 0.29) is 5.96 Å². The van der Waals surface area contributed by atoms with Crippen molar-refractivity contribution in [2.45, 2.75) is 37.8 Å². The van der Waals surface area contributed by atoms with Crippen LogP contribution in [0.4, 0.5) is 5.69 Å². The van der Waals surface area contributed by atoms with Gasteiger partial charge in [0.25, 0.3) is 0 Å². The number of nitrogens with two attached hydrogens (primary N) is 2. The number of nitrogens with zero attached hydrogens (tertiary/aromatic N) is 3. The van der Waals surface area contributed by atoms with Gasteiger partial charge in [0.1, 0.15) is 10.5 Å². The van der Waals surface area contributed by atoms with E-state index in [2.05, 4.69) is 9.98 Å². The molecule has 0 radical (unpaired) electrons. The number of anilines is 1. The lowest BCUT2D eigenvalue weighted by Crippen LogP contribution is -2.58. The van der Waals surface area contributed by atoms with Gasteiger partial charge in [-0.25, -0.2) is 9.79 Å². The summed E-state index contributed by atoms with van der Waals surface area (Å²) < 4.78 is 5.69. The van der Waals surface area contributed by atoms with Gasteiger partial charge in [0, 0.05) is 15.8 Å². The number of fused-ring (bicyclic) bond motifs is 1. The van der Waals surface area contributed by atoms with Crippen LogP contribution >= 0.6 is 22.9 Å². The molecule has 4 N–H and O–H groups in total. The molecule has 1 saturated carbocycles. The molecule has 7 nitrogen and oxygen atoms in total. The molecule has 142 valence electrons. The van der Waals surface area contributed by atoms with Crippen LogP contribution in [0, 0.1) is 0 Å². The van der Waals surface area contributed by atoms with Crippen LogP contribution in [0.3, 0.4) is 0 Å². The van der Waals surface area contributed by atoms with Crippen molar-refractivity contribution in [3.8, 4) is 0 Å². The third kappa shape index (κ3) is 2.93. The maximum absolute atomic E-state index is 11.9. The quantitative estimate of drug-likeness (QED) is 0.744. The number of ether oxygens (including phenoxy) is 1. The number of carbonyl (C=O) groups is 1. The van der Waals surface area contributed by atoms with Crippen molar-refractivity contribution in [3.05, 3.63) is 28.1 Å². The molecule has 0 amide bonds. The summed E-state index contributed by atoms with van der Waals surface area (Å²) in [6.07, 6.45) is 5.01. The molecule has 1 aliphatic carbocycles. The van der Waals surface area contributed by atoms with E-state index in [4.69, 9.17) is 27.8 Å². The predicted molar refractivity (Wildman–Crippen MR) is 110 cm³/mol. The number of methoxy groups -OCH3 is 1. The van der Waals surface area contributed by atoms with Gasteiger partial charge in [-0.1, -0.05) is 18.0 Å². The number of rotatable bonds is 2. The molecule has 4 rings (SSSR count). The van der Waals surface area contributed by atoms with Crippen LogP contribution < -0.4 is 16.4 Å². The number of thiophene rings is 1. The van der Waals surface area contributed by atoms with E-state index in [0.717, 1.165) is 41.5 Å². The largest absolute Gasteiger partial charge is 0.465 e. The number of carbonyl (C=O) groups excluding carboxylic acids is 1. The molecule has 1 aromatic carbocycles. The highest BCUT2D eigenvalue weighted by Crippen LogP contribution is 2.42. The Morgan fingerprint density at radius 2 is 2.04 bits per heavy atom. The zero-order valence-electron chi connectivity index (χ0n) is 14.9. The highest BCUT2D eigenvalue weighted by atomic mass is 35.5. The lowest BCUT2D eigenvalue weighted by molar-refractivity contribution is 0.0606. The minimum absolute atomic E-state index is 0.221. The molecule has 27 heavy (non-hydrogen) atoms. The maximum Gasteiger partial charge on any atom is 0.349 e. The summed E-state index contributed by atoms with van der Waals surface area (Å²) >= 11 is 7.67. The zero-order valence-corrected chi connectivity index (χ0v) is 16.4. The first-order chi connectivity index (χ1) is 12.9. The molecule has 2 heterocycles. The van der Waals surface area contributed by atoms with E-state index in [1.54, 1.807) is 0 Å². The molecule has 1 spiro atoms. The minimum Gasteiger partial charge on any atom is -0.465 e. The van der Waals surface area contributed by atoms with Crippen LogP contribution in [0.25, 0.3) is 10.1 Å². The monoisotopic (exact) mass is 405 g/mol. The van der Waals surface area contributed by atoms with Crippen molar-refractivity contribution >= 4 is 56.6 Å². The number of guanidine groups is 2. The Hall–Kier alpha value is -2.32. The fraction of sp³-hybridized carbons (Fsp3) is 0.389. The van der Waals surface area contributed by atoms with Crippen LogP contribution in [-0.4, -0.2) is 30.7 Å². The van der Waals surface area contributed by atoms with Crippen LogP contribution in [0.2, 0.25) is 5.02 Å². The Balaban J connectivity index is 1.82. The highest BCUT2D eigenvalue weighted by Gasteiger charge is 2.42. The molecule has 0 atom stereocenters. The van der Waals surface area contributed by atoms with Crippen LogP contribution in [0.1, 0.15) is 41.8 Å². The average molecular weight is 406 g/mol. The topological polar surface area (TPSA) is 106 Å². The van der Waals surface area contributed by atoms with Crippen molar-refractivity contribution in [1.82, 2.24) is 0 Å². The summed E-state index contributed by atoms with van der Waals surface area (Å²) in [6.45, 7) is 0. The van der Waals surface area contributed by atoms with E-state index in [9.17, 15) is 4.79 Å². The van der Waals surface area contributed by atoms with Crippen molar-refractivity contribution < 1.29 is 9.53 Å². The van der Waals surface area contributed by atoms with Crippen molar-refractivity contribution in [3.63, 3.8) is 0 Å². The van der Waals surface area contributed by atoms with Crippen molar-refractivity contribution in [2.75, 3.05) is 12.0 Å². The number of halogens is 1. The zero-order chi connectivity index (χ0) is 19.2. The second kappa shape index (κ2) is 6.69. The standard InChI is InChI=1S/C18H20ClN5O2S/c1-26-15(25)14-13(19)11-6-5-10(9-12(11)27-14)24-17(21)22-16(20)23-18(24)7-3-2-4-8-18/h5-6,9H,2-4,7-8H2,1H3,(H4,20,21,22,23). The first-order valence-corrected chi connectivity index (χ1v) is 9.95. The van der Waals surface area contributed by atoms with Crippen LogP contribution in [0.5, 0.6) is 0 Å². The second-order valence-corrected chi connectivity index (χ2v) is 8.17. The van der Waals surface area contributed by atoms with E-state index >= 15 is 0 Å². The number of aliphatic imine (C=N–C) groups is 2. The summed E-state index contributed by atoms with van der Waals surface area (Å²) in [5.41, 5.74) is 12.5. The summed E-state index contributed by atoms with van der Waals surface area (Å²) in [5.74, 6) is 0.112. The minimum atomic E-state index is -0.506. The van der Waals surface area contributed by atoms with E-state index < -0.39 is 11.6 Å². The molecule has 9 heteroatoms. The van der Waals surface area contributed by atoms with Crippen molar-refractivity contribution in [2.24, 2.45) is 21.5 Å². The van der Waals surface area contributed by atoms with Crippen LogP contribution in [0.15, 0.2) is 28.2 Å². The molecular weight excluding hydrogens is 386 g/mol. The molecule has 2 aliphatic rings. The van der Waals surface area contributed by atoms with Gasteiger partial charge in [0.15, 0.2) is 0 Å². The number of hydrogen-bond donors (Lipinski definition) is 2. The normalized spacial score (nSPS) is 19.1. The summed E-state index contributed by atoms with van der Waals surface area (Å²) in [7, 11) is 1.34. The molecule has 1 fully saturated rings. The van der Waals surface area contributed by atoms with Gasteiger partial charge < -0.3 is 16.2 Å².